The zero-order valence-electron chi connectivity index (χ0n) is 19.0. The van der Waals surface area contributed by atoms with Gasteiger partial charge in [0, 0.05) is 24.4 Å². The summed E-state index contributed by atoms with van der Waals surface area (Å²) in [4.78, 5) is 33.1. The predicted molar refractivity (Wildman–Crippen MR) is 119 cm³/mol. The SMILES string of the molecule is CCOC(=O)c1c(N)nc(-c2cccc(C#N)c2)nc1OC1CC(NC(=O)OC(C)(C)C)C1. The van der Waals surface area contributed by atoms with Crippen molar-refractivity contribution < 1.29 is 23.8 Å². The maximum Gasteiger partial charge on any atom is 0.407 e. The first-order chi connectivity index (χ1) is 15.6. The lowest BCUT2D eigenvalue weighted by Crippen LogP contribution is -2.50. The van der Waals surface area contributed by atoms with Gasteiger partial charge in [-0.25, -0.2) is 14.6 Å². The van der Waals surface area contributed by atoms with Gasteiger partial charge in [-0.15, -0.1) is 0 Å². The number of anilines is 1. The van der Waals surface area contributed by atoms with Gasteiger partial charge in [0.15, 0.2) is 11.4 Å². The highest BCUT2D eigenvalue weighted by Crippen LogP contribution is 2.32. The number of nitriles is 1. The van der Waals surface area contributed by atoms with Gasteiger partial charge in [-0.05, 0) is 39.8 Å². The van der Waals surface area contributed by atoms with Crippen LogP contribution in [0.15, 0.2) is 24.3 Å². The van der Waals surface area contributed by atoms with Crippen LogP contribution in [-0.4, -0.2) is 46.4 Å². The minimum atomic E-state index is -0.690. The van der Waals surface area contributed by atoms with Crippen LogP contribution in [0, 0.1) is 11.3 Å². The van der Waals surface area contributed by atoms with Crippen molar-refractivity contribution in [1.82, 2.24) is 15.3 Å². The molecule has 1 amide bonds. The molecule has 0 radical (unpaired) electrons. The fourth-order valence-electron chi connectivity index (χ4n) is 3.21. The molecular formula is C23H27N5O5. The lowest BCUT2D eigenvalue weighted by Gasteiger charge is -2.36. The Hall–Kier alpha value is -3.87. The molecule has 0 spiro atoms. The third-order valence-electron chi connectivity index (χ3n) is 4.73. The van der Waals surface area contributed by atoms with Crippen molar-refractivity contribution in [3.63, 3.8) is 0 Å². The summed E-state index contributed by atoms with van der Waals surface area (Å²) >= 11 is 0. The van der Waals surface area contributed by atoms with E-state index in [1.54, 1.807) is 52.0 Å². The monoisotopic (exact) mass is 453 g/mol. The number of aromatic nitrogens is 2. The van der Waals surface area contributed by atoms with Gasteiger partial charge < -0.3 is 25.3 Å². The molecule has 1 heterocycles. The molecular weight excluding hydrogens is 426 g/mol. The second kappa shape index (κ2) is 9.73. The Morgan fingerprint density at radius 1 is 1.27 bits per heavy atom. The second-order valence-corrected chi connectivity index (χ2v) is 8.58. The van der Waals surface area contributed by atoms with E-state index < -0.39 is 17.7 Å². The van der Waals surface area contributed by atoms with E-state index in [1.165, 1.54) is 0 Å². The largest absolute Gasteiger partial charge is 0.473 e. The number of hydrogen-bond donors (Lipinski definition) is 2. The van der Waals surface area contributed by atoms with E-state index in [0.717, 1.165) is 0 Å². The van der Waals surface area contributed by atoms with E-state index in [4.69, 9.17) is 25.2 Å². The van der Waals surface area contributed by atoms with Gasteiger partial charge in [-0.2, -0.15) is 10.2 Å². The van der Waals surface area contributed by atoms with Crippen molar-refractivity contribution in [3.8, 4) is 23.3 Å². The zero-order chi connectivity index (χ0) is 24.2. The molecule has 3 rings (SSSR count). The van der Waals surface area contributed by atoms with Crippen molar-refractivity contribution in [3.05, 3.63) is 35.4 Å². The molecule has 3 N–H and O–H groups in total. The minimum Gasteiger partial charge on any atom is -0.473 e. The molecule has 0 bridgehead atoms. The van der Waals surface area contributed by atoms with E-state index in [2.05, 4.69) is 21.4 Å². The van der Waals surface area contributed by atoms with E-state index in [1.807, 2.05) is 0 Å². The number of alkyl carbamates (subject to hydrolysis) is 1. The number of benzene rings is 1. The van der Waals surface area contributed by atoms with E-state index in [0.29, 0.717) is 24.0 Å². The summed E-state index contributed by atoms with van der Waals surface area (Å²) in [6, 6.07) is 8.64. The summed E-state index contributed by atoms with van der Waals surface area (Å²) in [5, 5.41) is 11.9. The first kappa shape index (κ1) is 23.8. The number of ether oxygens (including phenoxy) is 3. The fraction of sp³-hybridized carbons (Fsp3) is 0.435. The van der Waals surface area contributed by atoms with Crippen molar-refractivity contribution >= 4 is 17.9 Å². The first-order valence-electron chi connectivity index (χ1n) is 10.6. The van der Waals surface area contributed by atoms with Crippen LogP contribution < -0.4 is 15.8 Å². The molecule has 174 valence electrons. The highest BCUT2D eigenvalue weighted by Gasteiger charge is 2.35. The first-order valence-corrected chi connectivity index (χ1v) is 10.6. The molecule has 1 aromatic carbocycles. The molecule has 1 saturated carbocycles. The van der Waals surface area contributed by atoms with Gasteiger partial charge in [0.05, 0.1) is 18.2 Å². The number of amides is 1. The van der Waals surface area contributed by atoms with Crippen LogP contribution in [-0.2, 0) is 9.47 Å². The van der Waals surface area contributed by atoms with Gasteiger partial charge in [-0.3, -0.25) is 0 Å². The van der Waals surface area contributed by atoms with Crippen LogP contribution in [0.3, 0.4) is 0 Å². The summed E-state index contributed by atoms with van der Waals surface area (Å²) in [6.07, 6.45) is 0.213. The third kappa shape index (κ3) is 6.10. The fourth-order valence-corrected chi connectivity index (χ4v) is 3.21. The number of carbonyl (C=O) groups excluding carboxylic acids is 2. The van der Waals surface area contributed by atoms with Crippen molar-refractivity contribution in [1.29, 1.82) is 5.26 Å². The van der Waals surface area contributed by atoms with E-state index >= 15 is 0 Å². The molecule has 0 aliphatic heterocycles. The maximum atomic E-state index is 12.5. The Morgan fingerprint density at radius 2 is 2.00 bits per heavy atom. The van der Waals surface area contributed by atoms with E-state index in [-0.39, 0.29) is 41.8 Å². The number of carbonyl (C=O) groups is 2. The van der Waals surface area contributed by atoms with Crippen LogP contribution in [0.25, 0.3) is 11.4 Å². The molecule has 1 aromatic heterocycles. The number of hydrogen-bond acceptors (Lipinski definition) is 9. The average Bonchev–Trinajstić information content (AvgIpc) is 2.70. The van der Waals surface area contributed by atoms with Gasteiger partial charge in [0.25, 0.3) is 0 Å². The molecule has 10 nitrogen and oxygen atoms in total. The number of rotatable bonds is 6. The van der Waals surface area contributed by atoms with Gasteiger partial charge >= 0.3 is 12.1 Å². The van der Waals surface area contributed by atoms with Crippen LogP contribution in [0.2, 0.25) is 0 Å². The molecule has 10 heteroatoms. The predicted octanol–water partition coefficient (Wildman–Crippen LogP) is 3.21. The van der Waals surface area contributed by atoms with Crippen molar-refractivity contribution in [2.24, 2.45) is 0 Å². The molecule has 0 atom stereocenters. The topological polar surface area (TPSA) is 149 Å². The maximum absolute atomic E-state index is 12.5. The summed E-state index contributed by atoms with van der Waals surface area (Å²) in [7, 11) is 0. The number of nitrogens with zero attached hydrogens (tertiary/aromatic N) is 3. The van der Waals surface area contributed by atoms with E-state index in [9.17, 15) is 9.59 Å². The number of esters is 1. The van der Waals surface area contributed by atoms with Crippen LogP contribution in [0.5, 0.6) is 5.88 Å². The van der Waals surface area contributed by atoms with Crippen LogP contribution in [0.4, 0.5) is 10.6 Å². The smallest absolute Gasteiger partial charge is 0.407 e. The summed E-state index contributed by atoms with van der Waals surface area (Å²) in [5.41, 5.74) is 6.42. The molecule has 1 fully saturated rings. The highest BCUT2D eigenvalue weighted by atomic mass is 16.6. The molecule has 2 aromatic rings. The lowest BCUT2D eigenvalue weighted by atomic mass is 9.89. The zero-order valence-corrected chi connectivity index (χ0v) is 19.0. The number of nitrogen functional groups attached to an aromatic ring is 1. The minimum absolute atomic E-state index is 0.000899. The normalized spacial score (nSPS) is 17.3. The Morgan fingerprint density at radius 3 is 2.64 bits per heavy atom. The summed E-state index contributed by atoms with van der Waals surface area (Å²) in [6.45, 7) is 7.20. The van der Waals surface area contributed by atoms with Crippen LogP contribution in [0.1, 0.15) is 56.5 Å². The van der Waals surface area contributed by atoms with Crippen LogP contribution >= 0.6 is 0 Å². The molecule has 1 aliphatic rings. The number of nitrogens with one attached hydrogen (secondary N) is 1. The summed E-state index contributed by atoms with van der Waals surface area (Å²) < 4.78 is 16.3. The third-order valence-corrected chi connectivity index (χ3v) is 4.73. The van der Waals surface area contributed by atoms with Crippen molar-refractivity contribution in [2.75, 3.05) is 12.3 Å². The highest BCUT2D eigenvalue weighted by molar-refractivity contribution is 5.97. The summed E-state index contributed by atoms with van der Waals surface area (Å²) in [5.74, 6) is -0.557. The quantitative estimate of drug-likeness (QED) is 0.628. The van der Waals surface area contributed by atoms with Gasteiger partial charge in [0.2, 0.25) is 5.88 Å². The standard InChI is InChI=1S/C23H27N5O5/c1-5-31-21(29)17-18(25)27-19(14-8-6-7-13(9-14)12-24)28-20(17)32-16-10-15(11-16)26-22(30)33-23(2,3)4/h6-9,15-16H,5,10-11H2,1-4H3,(H,26,30)(H2,25,27,28). The molecule has 1 aliphatic carbocycles. The van der Waals surface area contributed by atoms with Gasteiger partial charge in [-0.1, -0.05) is 12.1 Å². The Labute approximate surface area is 192 Å². The number of nitrogens with two attached hydrogens (primary N) is 1. The molecule has 0 saturated heterocycles. The Balaban J connectivity index is 1.79. The Bertz CT molecular complexity index is 1080. The molecule has 33 heavy (non-hydrogen) atoms. The Kier molecular flexibility index (Phi) is 7.01. The van der Waals surface area contributed by atoms with Crippen molar-refractivity contribution in [2.45, 2.75) is 58.3 Å². The molecule has 0 unspecified atom stereocenters. The van der Waals surface area contributed by atoms with Gasteiger partial charge in [0.1, 0.15) is 17.5 Å². The average molecular weight is 453 g/mol. The lowest BCUT2D eigenvalue weighted by molar-refractivity contribution is 0.0348. The second-order valence-electron chi connectivity index (χ2n) is 8.58.